The summed E-state index contributed by atoms with van der Waals surface area (Å²) < 4.78 is 45.9. The molecule has 0 radical (unpaired) electrons. The number of β-amino-alcohol motifs (C(OH)–C–C–N with tert-alkyl or cyclic N) is 1. The van der Waals surface area contributed by atoms with Gasteiger partial charge in [0.15, 0.2) is 4.90 Å². The van der Waals surface area contributed by atoms with Crippen molar-refractivity contribution < 1.29 is 22.8 Å². The molecule has 5 rings (SSSR count). The predicted octanol–water partition coefficient (Wildman–Crippen LogP) is 2.78. The third-order valence-corrected chi connectivity index (χ3v) is 10.7. The number of ether oxygens (including phenoxy) is 1. The number of fused-ring (bicyclic) bond motifs is 1. The maximum absolute atomic E-state index is 14.0. The van der Waals surface area contributed by atoms with Gasteiger partial charge in [-0.1, -0.05) is 0 Å². The molecule has 0 saturated carbocycles. The van der Waals surface area contributed by atoms with Crippen LogP contribution in [-0.4, -0.2) is 104 Å². The highest BCUT2D eigenvalue weighted by molar-refractivity contribution is 7.91. The van der Waals surface area contributed by atoms with Crippen molar-refractivity contribution >= 4 is 37.6 Å². The average Bonchev–Trinajstić information content (AvgIpc) is 2.97. The molecular formula is C29H38N4O5S2. The van der Waals surface area contributed by atoms with Crippen molar-refractivity contribution in [1.29, 1.82) is 0 Å². The maximum Gasteiger partial charge on any atom is 0.210 e. The summed E-state index contributed by atoms with van der Waals surface area (Å²) in [5.74, 6) is 0.618. The van der Waals surface area contributed by atoms with Crippen molar-refractivity contribution in [3.8, 4) is 5.75 Å². The monoisotopic (exact) mass is 586 g/mol. The van der Waals surface area contributed by atoms with Crippen LogP contribution in [0.15, 0.2) is 63.3 Å². The number of rotatable bonds is 9. The van der Waals surface area contributed by atoms with Crippen LogP contribution in [0.3, 0.4) is 0 Å². The first-order valence-electron chi connectivity index (χ1n) is 13.9. The molecule has 1 N–H and O–H groups in total. The van der Waals surface area contributed by atoms with E-state index >= 15 is 0 Å². The highest BCUT2D eigenvalue weighted by Gasteiger charge is 2.32. The van der Waals surface area contributed by atoms with Crippen molar-refractivity contribution in [3.05, 3.63) is 48.7 Å². The molecule has 0 aliphatic carbocycles. The van der Waals surface area contributed by atoms with E-state index < -0.39 is 21.0 Å². The molecule has 11 heteroatoms. The number of nitrogens with zero attached hydrogens (tertiary/aromatic N) is 4. The van der Waals surface area contributed by atoms with E-state index in [9.17, 15) is 18.1 Å². The SMILES string of the molecule is CCOc1ccc(S(=O)(=O)c2cnc3ccc([S+](C)[O-])cc3c2N2CCC(N3CCN(CCO)CC3)CC2)cc1. The van der Waals surface area contributed by atoms with Crippen LogP contribution in [0.4, 0.5) is 5.69 Å². The summed E-state index contributed by atoms with van der Waals surface area (Å²) in [6.45, 7) is 8.59. The van der Waals surface area contributed by atoms with Crippen LogP contribution < -0.4 is 9.64 Å². The van der Waals surface area contributed by atoms with Gasteiger partial charge in [-0.05, 0) is 67.3 Å². The van der Waals surface area contributed by atoms with Crippen LogP contribution in [0.2, 0.25) is 0 Å². The van der Waals surface area contributed by atoms with E-state index in [0.717, 1.165) is 45.6 Å². The van der Waals surface area contributed by atoms with Gasteiger partial charge in [-0.15, -0.1) is 0 Å². The molecule has 216 valence electrons. The van der Waals surface area contributed by atoms with Gasteiger partial charge >= 0.3 is 0 Å². The lowest BCUT2D eigenvalue weighted by atomic mass is 10.0. The third kappa shape index (κ3) is 6.09. The fourth-order valence-electron chi connectivity index (χ4n) is 5.80. The number of pyridine rings is 1. The van der Waals surface area contributed by atoms with Gasteiger partial charge in [0.05, 0.1) is 29.3 Å². The van der Waals surface area contributed by atoms with E-state index in [-0.39, 0.29) is 16.4 Å². The number of aromatic nitrogens is 1. The summed E-state index contributed by atoms with van der Waals surface area (Å²) in [5, 5.41) is 9.95. The Morgan fingerprint density at radius 3 is 2.38 bits per heavy atom. The van der Waals surface area contributed by atoms with E-state index in [1.54, 1.807) is 36.6 Å². The standard InChI is InChI=1S/C29H38N4O5S2/c1-3-38-23-4-7-25(8-5-23)40(36,37)28-21-30-27-9-6-24(39(2)35)20-26(27)29(28)33-12-10-22(11-13-33)32-16-14-31(15-17-32)18-19-34/h4-9,20-22,34H,3,10-19H2,1-2H3. The highest BCUT2D eigenvalue weighted by Crippen LogP contribution is 2.38. The first-order chi connectivity index (χ1) is 19.3. The lowest BCUT2D eigenvalue weighted by Gasteiger charge is -2.43. The van der Waals surface area contributed by atoms with Gasteiger partial charge < -0.3 is 19.3 Å². The topological polar surface area (TPSA) is 109 Å². The Kier molecular flexibility index (Phi) is 9.18. The molecule has 0 spiro atoms. The molecule has 1 atom stereocenters. The van der Waals surface area contributed by atoms with Crippen LogP contribution in [-0.2, 0) is 21.0 Å². The zero-order valence-electron chi connectivity index (χ0n) is 23.2. The fraction of sp³-hybridized carbons (Fsp3) is 0.483. The number of hydrogen-bond donors (Lipinski definition) is 1. The molecule has 0 bridgehead atoms. The van der Waals surface area contributed by atoms with Gasteiger partial charge in [0.25, 0.3) is 0 Å². The van der Waals surface area contributed by atoms with Gasteiger partial charge in [0.2, 0.25) is 9.84 Å². The fourth-order valence-corrected chi connectivity index (χ4v) is 7.77. The van der Waals surface area contributed by atoms with Gasteiger partial charge in [-0.2, -0.15) is 0 Å². The Balaban J connectivity index is 1.47. The molecule has 2 aliphatic heterocycles. The van der Waals surface area contributed by atoms with E-state index in [0.29, 0.717) is 53.0 Å². The van der Waals surface area contributed by atoms with E-state index in [2.05, 4.69) is 19.7 Å². The molecule has 40 heavy (non-hydrogen) atoms. The third-order valence-electron chi connectivity index (χ3n) is 7.96. The zero-order valence-corrected chi connectivity index (χ0v) is 24.8. The number of anilines is 1. The summed E-state index contributed by atoms with van der Waals surface area (Å²) in [6.07, 6.45) is 4.94. The summed E-state index contributed by atoms with van der Waals surface area (Å²) >= 11 is -1.22. The highest BCUT2D eigenvalue weighted by atomic mass is 32.2. The largest absolute Gasteiger partial charge is 0.612 e. The van der Waals surface area contributed by atoms with Gasteiger partial charge in [-0.3, -0.25) is 14.8 Å². The number of aliphatic hydroxyl groups excluding tert-OH is 1. The van der Waals surface area contributed by atoms with Crippen LogP contribution in [0.25, 0.3) is 10.9 Å². The van der Waals surface area contributed by atoms with Crippen molar-refractivity contribution in [2.24, 2.45) is 0 Å². The molecule has 2 fully saturated rings. The molecule has 2 saturated heterocycles. The molecule has 3 aromatic rings. The second-order valence-electron chi connectivity index (χ2n) is 10.3. The van der Waals surface area contributed by atoms with Crippen molar-refractivity contribution in [1.82, 2.24) is 14.8 Å². The Hall–Kier alpha value is -2.41. The summed E-state index contributed by atoms with van der Waals surface area (Å²) in [4.78, 5) is 12.5. The van der Waals surface area contributed by atoms with Crippen LogP contribution >= 0.6 is 0 Å². The van der Waals surface area contributed by atoms with Crippen molar-refractivity contribution in [3.63, 3.8) is 0 Å². The van der Waals surface area contributed by atoms with E-state index in [1.807, 2.05) is 19.1 Å². The van der Waals surface area contributed by atoms with Crippen LogP contribution in [0.5, 0.6) is 5.75 Å². The maximum atomic E-state index is 14.0. The average molecular weight is 587 g/mol. The molecule has 2 aromatic carbocycles. The predicted molar refractivity (Wildman–Crippen MR) is 157 cm³/mol. The second kappa shape index (κ2) is 12.6. The smallest absolute Gasteiger partial charge is 0.210 e. The summed E-state index contributed by atoms with van der Waals surface area (Å²) in [7, 11) is -3.89. The van der Waals surface area contributed by atoms with Crippen molar-refractivity contribution in [2.45, 2.75) is 40.5 Å². The quantitative estimate of drug-likeness (QED) is 0.379. The normalized spacial score (nSPS) is 18.8. The molecule has 9 nitrogen and oxygen atoms in total. The van der Waals surface area contributed by atoms with Gasteiger partial charge in [-0.25, -0.2) is 8.42 Å². The molecule has 1 unspecified atom stereocenters. The lowest BCUT2D eigenvalue weighted by Crippen LogP contribution is -2.53. The summed E-state index contributed by atoms with van der Waals surface area (Å²) in [6, 6.07) is 12.4. The molecule has 0 amide bonds. The summed E-state index contributed by atoms with van der Waals surface area (Å²) in [5.41, 5.74) is 1.31. The van der Waals surface area contributed by atoms with E-state index in [4.69, 9.17) is 4.74 Å². The Bertz CT molecular complexity index is 1400. The van der Waals surface area contributed by atoms with Crippen LogP contribution in [0, 0.1) is 0 Å². The second-order valence-corrected chi connectivity index (χ2v) is 13.6. The zero-order chi connectivity index (χ0) is 28.3. The number of benzene rings is 2. The Labute approximate surface area is 239 Å². The molecule has 1 aromatic heterocycles. The van der Waals surface area contributed by atoms with Gasteiger partial charge in [0, 0.05) is 69.5 Å². The Morgan fingerprint density at radius 1 is 1.05 bits per heavy atom. The van der Waals surface area contributed by atoms with Gasteiger partial charge in [0.1, 0.15) is 16.9 Å². The van der Waals surface area contributed by atoms with E-state index in [1.165, 1.54) is 6.20 Å². The number of piperidine rings is 1. The number of aliphatic hydroxyl groups is 1. The Morgan fingerprint density at radius 2 is 1.75 bits per heavy atom. The number of sulfone groups is 1. The minimum Gasteiger partial charge on any atom is -0.612 e. The molecular weight excluding hydrogens is 548 g/mol. The first kappa shape index (κ1) is 29.1. The number of hydrogen-bond acceptors (Lipinski definition) is 9. The first-order valence-corrected chi connectivity index (χ1v) is 16.9. The lowest BCUT2D eigenvalue weighted by molar-refractivity contribution is 0.0747. The van der Waals surface area contributed by atoms with Crippen LogP contribution in [0.1, 0.15) is 19.8 Å². The number of piperazine rings is 1. The molecule has 2 aliphatic rings. The minimum atomic E-state index is -3.89. The van der Waals surface area contributed by atoms with Crippen molar-refractivity contribution in [2.75, 3.05) is 70.2 Å². The molecule has 3 heterocycles. The minimum absolute atomic E-state index is 0.166.